The minimum Gasteiger partial charge on any atom is -0.337 e. The summed E-state index contributed by atoms with van der Waals surface area (Å²) in [6.45, 7) is 4.00. The van der Waals surface area contributed by atoms with E-state index in [4.69, 9.17) is 0 Å². The molecule has 0 aromatic carbocycles. The average molecular weight is 319 g/mol. The van der Waals surface area contributed by atoms with Gasteiger partial charge in [0.2, 0.25) is 0 Å². The van der Waals surface area contributed by atoms with Gasteiger partial charge >= 0.3 is 0 Å². The minimum absolute atomic E-state index is 0.0367. The highest BCUT2D eigenvalue weighted by Crippen LogP contribution is 2.24. The highest BCUT2D eigenvalue weighted by molar-refractivity contribution is 5.93. The predicted octanol–water partition coefficient (Wildman–Crippen LogP) is 2.31. The third-order valence-electron chi connectivity index (χ3n) is 5.48. The number of carbonyl (C=O) groups is 1. The van der Waals surface area contributed by atoms with Crippen molar-refractivity contribution in [2.45, 2.75) is 70.4 Å². The molecule has 2 aliphatic rings. The second-order valence-electron chi connectivity index (χ2n) is 7.01. The first kappa shape index (κ1) is 16.4. The summed E-state index contributed by atoms with van der Waals surface area (Å²) < 4.78 is 1.97. The van der Waals surface area contributed by atoms with Crippen LogP contribution in [0.25, 0.3) is 0 Å². The van der Waals surface area contributed by atoms with Crippen LogP contribution >= 0.6 is 0 Å². The van der Waals surface area contributed by atoms with E-state index >= 15 is 0 Å². The topological polar surface area (TPSA) is 63.1 Å². The quantitative estimate of drug-likeness (QED) is 0.868. The molecule has 1 aromatic heterocycles. The van der Waals surface area contributed by atoms with Crippen LogP contribution in [0.5, 0.6) is 0 Å². The number of aromatic nitrogens is 3. The first-order chi connectivity index (χ1) is 11.2. The van der Waals surface area contributed by atoms with Gasteiger partial charge in [0.15, 0.2) is 5.69 Å². The molecule has 1 N–H and O–H groups in total. The summed E-state index contributed by atoms with van der Waals surface area (Å²) in [5, 5.41) is 11.9. The van der Waals surface area contributed by atoms with Crippen LogP contribution < -0.4 is 5.32 Å². The van der Waals surface area contributed by atoms with Crippen LogP contribution in [0.3, 0.4) is 0 Å². The number of carbonyl (C=O) groups excluding carboxylic acids is 1. The molecule has 128 valence electrons. The summed E-state index contributed by atoms with van der Waals surface area (Å²) in [4.78, 5) is 14.8. The summed E-state index contributed by atoms with van der Waals surface area (Å²) in [5.74, 6) is 0.0367. The molecular weight excluding hydrogens is 290 g/mol. The Morgan fingerprint density at radius 2 is 1.78 bits per heavy atom. The smallest absolute Gasteiger partial charge is 0.276 e. The normalized spacial score (nSPS) is 21.1. The van der Waals surface area contributed by atoms with Crippen LogP contribution in [0.15, 0.2) is 0 Å². The van der Waals surface area contributed by atoms with Gasteiger partial charge in [-0.15, -0.1) is 5.10 Å². The lowest BCUT2D eigenvalue weighted by Crippen LogP contribution is -2.37. The first-order valence-electron chi connectivity index (χ1n) is 9.08. The van der Waals surface area contributed by atoms with Gasteiger partial charge in [-0.1, -0.05) is 30.9 Å². The van der Waals surface area contributed by atoms with Crippen molar-refractivity contribution in [1.29, 1.82) is 0 Å². The van der Waals surface area contributed by atoms with Gasteiger partial charge in [0.1, 0.15) is 0 Å². The molecule has 1 aliphatic heterocycles. The number of amides is 1. The van der Waals surface area contributed by atoms with E-state index in [0.717, 1.165) is 44.5 Å². The zero-order chi connectivity index (χ0) is 16.2. The van der Waals surface area contributed by atoms with Crippen molar-refractivity contribution in [2.75, 3.05) is 20.1 Å². The van der Waals surface area contributed by atoms with Crippen LogP contribution in [0.1, 0.15) is 73.6 Å². The van der Waals surface area contributed by atoms with E-state index in [1.807, 2.05) is 23.6 Å². The SMILES string of the molecule is Cc1c(C(=O)N(C)C2CCCCCC2)nnn1C1CCNCC1. The third-order valence-corrected chi connectivity index (χ3v) is 5.48. The Morgan fingerprint density at radius 1 is 1.13 bits per heavy atom. The molecule has 1 aliphatic carbocycles. The maximum Gasteiger partial charge on any atom is 0.276 e. The molecule has 0 radical (unpaired) electrons. The Morgan fingerprint density at radius 3 is 2.43 bits per heavy atom. The number of nitrogens with zero attached hydrogens (tertiary/aromatic N) is 4. The minimum atomic E-state index is 0.0367. The van der Waals surface area contributed by atoms with Gasteiger partial charge in [0.05, 0.1) is 11.7 Å². The lowest BCUT2D eigenvalue weighted by Gasteiger charge is -2.27. The van der Waals surface area contributed by atoms with Crippen molar-refractivity contribution in [3.8, 4) is 0 Å². The average Bonchev–Trinajstić information content (AvgIpc) is 2.79. The summed E-state index contributed by atoms with van der Waals surface area (Å²) >= 11 is 0. The van der Waals surface area contributed by atoms with E-state index in [2.05, 4.69) is 15.6 Å². The molecule has 6 nitrogen and oxygen atoms in total. The van der Waals surface area contributed by atoms with Gasteiger partial charge in [-0.05, 0) is 45.7 Å². The largest absolute Gasteiger partial charge is 0.337 e. The van der Waals surface area contributed by atoms with E-state index in [0.29, 0.717) is 17.8 Å². The fourth-order valence-corrected chi connectivity index (χ4v) is 3.91. The molecule has 0 bridgehead atoms. The van der Waals surface area contributed by atoms with E-state index in [1.54, 1.807) is 0 Å². The molecule has 1 saturated carbocycles. The molecule has 23 heavy (non-hydrogen) atoms. The zero-order valence-corrected chi connectivity index (χ0v) is 14.4. The van der Waals surface area contributed by atoms with Crippen molar-refractivity contribution in [1.82, 2.24) is 25.2 Å². The Balaban J connectivity index is 1.72. The Bertz CT molecular complexity index is 527. The fraction of sp³-hybridized carbons (Fsp3) is 0.824. The van der Waals surface area contributed by atoms with E-state index in [9.17, 15) is 4.79 Å². The molecule has 0 spiro atoms. The monoisotopic (exact) mass is 319 g/mol. The number of hydrogen-bond donors (Lipinski definition) is 1. The number of rotatable bonds is 3. The highest BCUT2D eigenvalue weighted by Gasteiger charge is 2.28. The van der Waals surface area contributed by atoms with Gasteiger partial charge in [-0.2, -0.15) is 0 Å². The van der Waals surface area contributed by atoms with Crippen molar-refractivity contribution in [2.24, 2.45) is 0 Å². The van der Waals surface area contributed by atoms with Gasteiger partial charge in [0, 0.05) is 13.1 Å². The van der Waals surface area contributed by atoms with Gasteiger partial charge in [-0.3, -0.25) is 4.79 Å². The maximum absolute atomic E-state index is 12.9. The molecule has 1 saturated heterocycles. The Kier molecular flexibility index (Phi) is 5.30. The number of hydrogen-bond acceptors (Lipinski definition) is 4. The maximum atomic E-state index is 12.9. The van der Waals surface area contributed by atoms with Crippen LogP contribution in [0.2, 0.25) is 0 Å². The van der Waals surface area contributed by atoms with Crippen LogP contribution in [0, 0.1) is 6.92 Å². The van der Waals surface area contributed by atoms with Gasteiger partial charge < -0.3 is 10.2 Å². The molecule has 0 unspecified atom stereocenters. The molecule has 2 fully saturated rings. The predicted molar refractivity (Wildman–Crippen MR) is 89.5 cm³/mol. The summed E-state index contributed by atoms with van der Waals surface area (Å²) in [6.07, 6.45) is 9.37. The molecule has 2 heterocycles. The fourth-order valence-electron chi connectivity index (χ4n) is 3.91. The molecule has 0 atom stereocenters. The molecule has 6 heteroatoms. The third kappa shape index (κ3) is 3.57. The van der Waals surface area contributed by atoms with Crippen LogP contribution in [-0.2, 0) is 0 Å². The first-order valence-corrected chi connectivity index (χ1v) is 9.08. The van der Waals surface area contributed by atoms with Gasteiger partial charge in [0.25, 0.3) is 5.91 Å². The lowest BCUT2D eigenvalue weighted by molar-refractivity contribution is 0.0710. The van der Waals surface area contributed by atoms with Crippen molar-refractivity contribution in [3.05, 3.63) is 11.4 Å². The zero-order valence-electron chi connectivity index (χ0n) is 14.4. The van der Waals surface area contributed by atoms with E-state index < -0.39 is 0 Å². The van der Waals surface area contributed by atoms with Crippen LogP contribution in [0.4, 0.5) is 0 Å². The molecule has 1 aromatic rings. The summed E-state index contributed by atoms with van der Waals surface area (Å²) in [5.41, 5.74) is 1.46. The summed E-state index contributed by atoms with van der Waals surface area (Å²) in [7, 11) is 1.93. The lowest BCUT2D eigenvalue weighted by atomic mass is 10.1. The van der Waals surface area contributed by atoms with Gasteiger partial charge in [-0.25, -0.2) is 4.68 Å². The van der Waals surface area contributed by atoms with E-state index in [-0.39, 0.29) is 5.91 Å². The number of nitrogens with one attached hydrogen (secondary N) is 1. The molecular formula is C17H29N5O. The molecule has 1 amide bonds. The van der Waals surface area contributed by atoms with Crippen molar-refractivity contribution >= 4 is 5.91 Å². The molecule has 3 rings (SSSR count). The van der Waals surface area contributed by atoms with E-state index in [1.165, 1.54) is 25.7 Å². The second-order valence-corrected chi connectivity index (χ2v) is 7.01. The highest BCUT2D eigenvalue weighted by atomic mass is 16.2. The Hall–Kier alpha value is -1.43. The standard InChI is InChI=1S/C17H29N5O/c1-13-16(19-20-22(13)15-9-11-18-12-10-15)17(23)21(2)14-7-5-3-4-6-8-14/h14-15,18H,3-12H2,1-2H3. The summed E-state index contributed by atoms with van der Waals surface area (Å²) in [6, 6.07) is 0.724. The number of piperidine rings is 1. The van der Waals surface area contributed by atoms with Crippen molar-refractivity contribution in [3.63, 3.8) is 0 Å². The van der Waals surface area contributed by atoms with Crippen molar-refractivity contribution < 1.29 is 4.79 Å². The Labute approximate surface area is 138 Å². The van der Waals surface area contributed by atoms with Crippen LogP contribution in [-0.4, -0.2) is 52.0 Å². The second kappa shape index (κ2) is 7.43.